The molecule has 0 aliphatic rings. The fraction of sp³-hybridized carbons (Fsp3) is 0.870. The van der Waals surface area contributed by atoms with Crippen LogP contribution in [0, 0.1) is 0 Å². The quantitative estimate of drug-likeness (QED) is 0.0263. The number of esters is 3. The molecule has 0 aromatic heterocycles. The average Bonchev–Trinajstić information content (AvgIpc) is 3.24. The SMILES string of the molecule is CCCC/C=C\CCCCCCCC(=O)OC(COC(=O)CCCCCCCCCC)COC(=O)CCCCCCCCCCCCC/C=C\CCCCCCCCCC. The van der Waals surface area contributed by atoms with E-state index in [9.17, 15) is 14.4 Å². The molecule has 0 N–H and O–H groups in total. The molecular weight excluding hydrogens is 745 g/mol. The minimum Gasteiger partial charge on any atom is -0.462 e. The van der Waals surface area contributed by atoms with Gasteiger partial charge >= 0.3 is 17.9 Å². The van der Waals surface area contributed by atoms with E-state index in [1.807, 2.05) is 0 Å². The lowest BCUT2D eigenvalue weighted by atomic mass is 10.0. The van der Waals surface area contributed by atoms with Crippen molar-refractivity contribution in [3.05, 3.63) is 24.3 Å². The maximum atomic E-state index is 12.7. The molecule has 60 heavy (non-hydrogen) atoms. The molecule has 0 rings (SSSR count). The largest absolute Gasteiger partial charge is 0.462 e. The molecule has 0 heterocycles. The van der Waals surface area contributed by atoms with Crippen molar-refractivity contribution in [2.24, 2.45) is 0 Å². The Morgan fingerprint density at radius 1 is 0.317 bits per heavy atom. The van der Waals surface area contributed by atoms with E-state index in [2.05, 4.69) is 45.1 Å². The number of carbonyl (C=O) groups excluding carboxylic acids is 3. The summed E-state index contributed by atoms with van der Waals surface area (Å²) < 4.78 is 16.7. The van der Waals surface area contributed by atoms with Gasteiger partial charge in [-0.25, -0.2) is 0 Å². The predicted molar refractivity (Wildman–Crippen MR) is 256 cm³/mol. The summed E-state index contributed by atoms with van der Waals surface area (Å²) in [6, 6.07) is 0. The normalized spacial score (nSPS) is 12.1. The van der Waals surface area contributed by atoms with Crippen LogP contribution in [0.4, 0.5) is 0 Å². The number of hydrogen-bond donors (Lipinski definition) is 0. The number of hydrogen-bond acceptors (Lipinski definition) is 6. The summed E-state index contributed by atoms with van der Waals surface area (Å²) in [5.41, 5.74) is 0. The molecule has 0 radical (unpaired) electrons. The number of allylic oxidation sites excluding steroid dienone is 4. The molecular formula is C54H100O6. The van der Waals surface area contributed by atoms with Gasteiger partial charge in [0.1, 0.15) is 13.2 Å². The fourth-order valence-corrected chi connectivity index (χ4v) is 7.65. The Balaban J connectivity index is 4.13. The second kappa shape index (κ2) is 49.5. The van der Waals surface area contributed by atoms with E-state index in [-0.39, 0.29) is 31.1 Å². The maximum absolute atomic E-state index is 12.7. The third-order valence-electron chi connectivity index (χ3n) is 11.7. The summed E-state index contributed by atoms with van der Waals surface area (Å²) in [6.45, 7) is 6.58. The van der Waals surface area contributed by atoms with Crippen LogP contribution in [0.3, 0.4) is 0 Å². The van der Waals surface area contributed by atoms with Crippen LogP contribution in [0.2, 0.25) is 0 Å². The predicted octanol–water partition coefficient (Wildman–Crippen LogP) is 17.2. The number of unbranched alkanes of at least 4 members (excludes halogenated alkanes) is 33. The zero-order chi connectivity index (χ0) is 43.7. The van der Waals surface area contributed by atoms with Crippen LogP contribution in [-0.2, 0) is 28.6 Å². The summed E-state index contributed by atoms with van der Waals surface area (Å²) >= 11 is 0. The van der Waals surface area contributed by atoms with E-state index in [1.165, 1.54) is 180 Å². The first-order valence-corrected chi connectivity index (χ1v) is 26.3. The summed E-state index contributed by atoms with van der Waals surface area (Å²) in [6.07, 6.45) is 56.1. The van der Waals surface area contributed by atoms with Gasteiger partial charge in [-0.15, -0.1) is 0 Å². The molecule has 0 amide bonds. The van der Waals surface area contributed by atoms with Crippen LogP contribution >= 0.6 is 0 Å². The van der Waals surface area contributed by atoms with E-state index >= 15 is 0 Å². The van der Waals surface area contributed by atoms with Gasteiger partial charge < -0.3 is 14.2 Å². The summed E-state index contributed by atoms with van der Waals surface area (Å²) in [4.78, 5) is 37.8. The Morgan fingerprint density at radius 2 is 0.567 bits per heavy atom. The lowest BCUT2D eigenvalue weighted by molar-refractivity contribution is -0.167. The highest BCUT2D eigenvalue weighted by Gasteiger charge is 2.19. The van der Waals surface area contributed by atoms with Crippen LogP contribution in [0.15, 0.2) is 24.3 Å². The van der Waals surface area contributed by atoms with Crippen molar-refractivity contribution in [1.82, 2.24) is 0 Å². The molecule has 6 heteroatoms. The molecule has 1 unspecified atom stereocenters. The first-order valence-electron chi connectivity index (χ1n) is 26.3. The molecule has 0 aliphatic carbocycles. The second-order valence-corrected chi connectivity index (χ2v) is 17.8. The Bertz CT molecular complexity index is 973. The molecule has 6 nitrogen and oxygen atoms in total. The molecule has 0 bridgehead atoms. The minimum absolute atomic E-state index is 0.0720. The third-order valence-corrected chi connectivity index (χ3v) is 11.7. The van der Waals surface area contributed by atoms with Crippen LogP contribution in [0.1, 0.15) is 284 Å². The van der Waals surface area contributed by atoms with Crippen molar-refractivity contribution in [2.75, 3.05) is 13.2 Å². The van der Waals surface area contributed by atoms with E-state index in [0.29, 0.717) is 19.3 Å². The van der Waals surface area contributed by atoms with Crippen molar-refractivity contribution in [1.29, 1.82) is 0 Å². The zero-order valence-electron chi connectivity index (χ0n) is 40.2. The molecule has 1 atom stereocenters. The molecule has 0 fully saturated rings. The summed E-state index contributed by atoms with van der Waals surface area (Å²) in [5.74, 6) is -0.877. The van der Waals surface area contributed by atoms with Gasteiger partial charge in [-0.3, -0.25) is 14.4 Å². The minimum atomic E-state index is -0.769. The van der Waals surface area contributed by atoms with Crippen LogP contribution in [0.25, 0.3) is 0 Å². The Labute approximate surface area is 373 Å². The highest BCUT2D eigenvalue weighted by molar-refractivity contribution is 5.71. The molecule has 0 spiro atoms. The van der Waals surface area contributed by atoms with Gasteiger partial charge in [0.15, 0.2) is 6.10 Å². The van der Waals surface area contributed by atoms with Gasteiger partial charge in [0.25, 0.3) is 0 Å². The highest BCUT2D eigenvalue weighted by atomic mass is 16.6. The van der Waals surface area contributed by atoms with Crippen LogP contribution < -0.4 is 0 Å². The van der Waals surface area contributed by atoms with Crippen molar-refractivity contribution in [3.8, 4) is 0 Å². The van der Waals surface area contributed by atoms with Crippen molar-refractivity contribution >= 4 is 17.9 Å². The van der Waals surface area contributed by atoms with Gasteiger partial charge in [-0.05, 0) is 64.2 Å². The summed E-state index contributed by atoms with van der Waals surface area (Å²) in [5, 5.41) is 0. The topological polar surface area (TPSA) is 78.9 Å². The monoisotopic (exact) mass is 845 g/mol. The van der Waals surface area contributed by atoms with Crippen molar-refractivity contribution in [2.45, 2.75) is 290 Å². The molecule has 0 aromatic carbocycles. The maximum Gasteiger partial charge on any atom is 0.306 e. The number of carbonyl (C=O) groups is 3. The van der Waals surface area contributed by atoms with Gasteiger partial charge in [0, 0.05) is 19.3 Å². The van der Waals surface area contributed by atoms with Gasteiger partial charge in [0.2, 0.25) is 0 Å². The molecule has 0 aromatic rings. The summed E-state index contributed by atoms with van der Waals surface area (Å²) in [7, 11) is 0. The van der Waals surface area contributed by atoms with Gasteiger partial charge in [0.05, 0.1) is 0 Å². The first kappa shape index (κ1) is 57.9. The Morgan fingerprint density at radius 3 is 0.883 bits per heavy atom. The standard InChI is InChI=1S/C54H100O6/c1-4-7-10-13-16-19-21-22-23-24-25-26-27-28-29-30-31-32-34-35-38-41-44-47-53(56)59-50-51(49-58-52(55)46-43-40-37-18-15-12-9-6-3)60-54(57)48-45-42-39-36-33-20-17-14-11-8-5-2/h14,17,24-25,51H,4-13,15-16,18-23,26-50H2,1-3H3/b17-14-,25-24-. The van der Waals surface area contributed by atoms with Crippen molar-refractivity contribution < 1.29 is 28.6 Å². The lowest BCUT2D eigenvalue weighted by Crippen LogP contribution is -2.30. The molecule has 352 valence electrons. The molecule has 0 aliphatic heterocycles. The average molecular weight is 845 g/mol. The van der Waals surface area contributed by atoms with Crippen LogP contribution in [0.5, 0.6) is 0 Å². The second-order valence-electron chi connectivity index (χ2n) is 17.8. The highest BCUT2D eigenvalue weighted by Crippen LogP contribution is 2.16. The smallest absolute Gasteiger partial charge is 0.306 e. The number of rotatable bonds is 48. The van der Waals surface area contributed by atoms with Gasteiger partial charge in [-0.2, -0.15) is 0 Å². The number of ether oxygens (including phenoxy) is 3. The van der Waals surface area contributed by atoms with E-state index in [0.717, 1.165) is 64.2 Å². The Kier molecular flexibility index (Phi) is 47.8. The van der Waals surface area contributed by atoms with E-state index < -0.39 is 6.10 Å². The zero-order valence-corrected chi connectivity index (χ0v) is 40.2. The van der Waals surface area contributed by atoms with E-state index in [4.69, 9.17) is 14.2 Å². The molecule has 0 saturated carbocycles. The fourth-order valence-electron chi connectivity index (χ4n) is 7.65. The van der Waals surface area contributed by atoms with Crippen molar-refractivity contribution in [3.63, 3.8) is 0 Å². The lowest BCUT2D eigenvalue weighted by Gasteiger charge is -2.18. The van der Waals surface area contributed by atoms with E-state index in [1.54, 1.807) is 0 Å². The van der Waals surface area contributed by atoms with Gasteiger partial charge in [-0.1, -0.05) is 225 Å². The molecule has 0 saturated heterocycles. The third kappa shape index (κ3) is 46.9. The van der Waals surface area contributed by atoms with Crippen LogP contribution in [-0.4, -0.2) is 37.2 Å². The Hall–Kier alpha value is -2.11. The first-order chi connectivity index (χ1) is 29.5.